The van der Waals surface area contributed by atoms with Crippen molar-refractivity contribution < 1.29 is 28.3 Å². The van der Waals surface area contributed by atoms with E-state index in [4.69, 9.17) is 23.5 Å². The Morgan fingerprint density at radius 3 is 2.47 bits per heavy atom. The maximum Gasteiger partial charge on any atom is 0.267 e. The minimum absolute atomic E-state index is 0.117. The monoisotopic (exact) mass is 527 g/mol. The molecule has 0 aliphatic carbocycles. The van der Waals surface area contributed by atoms with Crippen molar-refractivity contribution in [1.82, 2.24) is 5.16 Å². The summed E-state index contributed by atoms with van der Waals surface area (Å²) in [4.78, 5) is 12.4. The standard InChI is InChI=1S/C24H22BrN3O6/c1-15-10-22(28-34-15)27-24(29)17(14-26)11-16-12-18(25)23(21(13-16)31-3)33-9-8-32-20-7-5-4-6-19(20)30-2/h4-7,10-13H,8-9H2,1-3H3,(H,27,28,29). The van der Waals surface area contributed by atoms with Gasteiger partial charge in [0.25, 0.3) is 5.91 Å². The highest BCUT2D eigenvalue weighted by Crippen LogP contribution is 2.37. The van der Waals surface area contributed by atoms with Crippen molar-refractivity contribution in [2.24, 2.45) is 0 Å². The van der Waals surface area contributed by atoms with Crippen molar-refractivity contribution in [2.75, 3.05) is 32.8 Å². The lowest BCUT2D eigenvalue weighted by atomic mass is 10.1. The van der Waals surface area contributed by atoms with E-state index in [0.29, 0.717) is 38.8 Å². The van der Waals surface area contributed by atoms with Crippen molar-refractivity contribution in [3.63, 3.8) is 0 Å². The molecular weight excluding hydrogens is 506 g/mol. The quantitative estimate of drug-likeness (QED) is 0.227. The second-order valence-corrected chi connectivity index (χ2v) is 7.68. The van der Waals surface area contributed by atoms with Gasteiger partial charge in [0, 0.05) is 6.07 Å². The Morgan fingerprint density at radius 1 is 1.12 bits per heavy atom. The number of hydrogen-bond acceptors (Lipinski definition) is 8. The predicted molar refractivity (Wildman–Crippen MR) is 128 cm³/mol. The molecule has 0 spiro atoms. The van der Waals surface area contributed by atoms with Gasteiger partial charge in [-0.1, -0.05) is 17.3 Å². The molecule has 9 nitrogen and oxygen atoms in total. The van der Waals surface area contributed by atoms with E-state index in [1.54, 1.807) is 32.2 Å². The third kappa shape index (κ3) is 6.30. The zero-order valence-corrected chi connectivity index (χ0v) is 20.3. The second kappa shape index (κ2) is 11.8. The Morgan fingerprint density at radius 2 is 1.82 bits per heavy atom. The molecule has 2 aromatic carbocycles. The Bertz CT molecular complexity index is 1230. The van der Waals surface area contributed by atoms with Gasteiger partial charge in [-0.2, -0.15) is 5.26 Å². The fraction of sp³-hybridized carbons (Fsp3) is 0.208. The van der Waals surface area contributed by atoms with Gasteiger partial charge in [0.05, 0.1) is 18.7 Å². The number of rotatable bonds is 10. The van der Waals surface area contributed by atoms with E-state index in [-0.39, 0.29) is 24.6 Å². The summed E-state index contributed by atoms with van der Waals surface area (Å²) in [7, 11) is 3.08. The summed E-state index contributed by atoms with van der Waals surface area (Å²) in [5, 5.41) is 15.7. The third-order valence-corrected chi connectivity index (χ3v) is 5.04. The minimum atomic E-state index is -0.611. The molecule has 0 fully saturated rings. The van der Waals surface area contributed by atoms with E-state index in [1.807, 2.05) is 30.3 Å². The van der Waals surface area contributed by atoms with Crippen LogP contribution in [0.25, 0.3) is 6.08 Å². The fourth-order valence-electron chi connectivity index (χ4n) is 2.92. The average Bonchev–Trinajstić information content (AvgIpc) is 3.25. The number of aromatic nitrogens is 1. The highest BCUT2D eigenvalue weighted by atomic mass is 79.9. The lowest BCUT2D eigenvalue weighted by molar-refractivity contribution is -0.112. The lowest BCUT2D eigenvalue weighted by Crippen LogP contribution is -2.13. The second-order valence-electron chi connectivity index (χ2n) is 6.83. The van der Waals surface area contributed by atoms with Crippen molar-refractivity contribution >= 4 is 33.7 Å². The number of para-hydroxylation sites is 2. The highest BCUT2D eigenvalue weighted by molar-refractivity contribution is 9.10. The molecule has 0 radical (unpaired) electrons. The topological polar surface area (TPSA) is 116 Å². The van der Waals surface area contributed by atoms with Crippen LogP contribution in [0.15, 0.2) is 57.0 Å². The van der Waals surface area contributed by atoms with Gasteiger partial charge < -0.3 is 28.8 Å². The largest absolute Gasteiger partial charge is 0.493 e. The first-order valence-corrected chi connectivity index (χ1v) is 10.9. The van der Waals surface area contributed by atoms with Gasteiger partial charge >= 0.3 is 0 Å². The molecule has 0 atom stereocenters. The number of nitriles is 1. The molecule has 0 saturated heterocycles. The van der Waals surface area contributed by atoms with Crippen LogP contribution >= 0.6 is 15.9 Å². The Balaban J connectivity index is 1.69. The highest BCUT2D eigenvalue weighted by Gasteiger charge is 2.15. The van der Waals surface area contributed by atoms with Crippen molar-refractivity contribution in [3.05, 3.63) is 63.8 Å². The van der Waals surface area contributed by atoms with Crippen LogP contribution in [0.5, 0.6) is 23.0 Å². The molecule has 34 heavy (non-hydrogen) atoms. The molecule has 1 aromatic heterocycles. The smallest absolute Gasteiger partial charge is 0.267 e. The third-order valence-electron chi connectivity index (χ3n) is 4.45. The summed E-state index contributed by atoms with van der Waals surface area (Å²) in [5.41, 5.74) is 0.442. The number of nitrogens with zero attached hydrogens (tertiary/aromatic N) is 2. The summed E-state index contributed by atoms with van der Waals surface area (Å²) >= 11 is 3.46. The number of hydrogen-bond donors (Lipinski definition) is 1. The van der Waals surface area contributed by atoms with E-state index < -0.39 is 5.91 Å². The van der Waals surface area contributed by atoms with Gasteiger partial charge in [-0.25, -0.2) is 0 Å². The van der Waals surface area contributed by atoms with Gasteiger partial charge in [-0.05, 0) is 58.8 Å². The Labute approximate surface area is 205 Å². The number of aryl methyl sites for hydroxylation is 1. The van der Waals surface area contributed by atoms with E-state index in [2.05, 4.69) is 26.4 Å². The molecule has 1 heterocycles. The van der Waals surface area contributed by atoms with Crippen LogP contribution < -0.4 is 24.3 Å². The molecule has 0 aliphatic heterocycles. The molecule has 1 N–H and O–H groups in total. The zero-order chi connectivity index (χ0) is 24.5. The zero-order valence-electron chi connectivity index (χ0n) is 18.8. The van der Waals surface area contributed by atoms with Crippen LogP contribution in [0.4, 0.5) is 5.82 Å². The number of halogens is 1. The van der Waals surface area contributed by atoms with Gasteiger partial charge in [0.1, 0.15) is 30.6 Å². The van der Waals surface area contributed by atoms with Crippen LogP contribution in [0.1, 0.15) is 11.3 Å². The summed E-state index contributed by atoms with van der Waals surface area (Å²) in [6.07, 6.45) is 1.43. The molecule has 0 saturated carbocycles. The van der Waals surface area contributed by atoms with Crippen LogP contribution in [0.2, 0.25) is 0 Å². The number of benzene rings is 2. The normalized spacial score (nSPS) is 10.9. The summed E-state index contributed by atoms with van der Waals surface area (Å²) in [5.74, 6) is 2.28. The molecule has 10 heteroatoms. The molecule has 0 unspecified atom stereocenters. The SMILES string of the molecule is COc1ccccc1OCCOc1c(Br)cc(C=C(C#N)C(=O)Nc2cc(C)on2)cc1OC. The van der Waals surface area contributed by atoms with Crippen LogP contribution in [-0.4, -0.2) is 38.5 Å². The van der Waals surface area contributed by atoms with Gasteiger partial charge in [0.15, 0.2) is 28.8 Å². The molecular formula is C24H22BrN3O6. The molecule has 0 bridgehead atoms. The van der Waals surface area contributed by atoms with E-state index >= 15 is 0 Å². The van der Waals surface area contributed by atoms with Gasteiger partial charge in [0.2, 0.25) is 0 Å². The number of methoxy groups -OCH3 is 2. The maximum atomic E-state index is 12.4. The predicted octanol–water partition coefficient (Wildman–Crippen LogP) is 4.77. The number of nitrogens with one attached hydrogen (secondary N) is 1. The molecule has 1 amide bonds. The van der Waals surface area contributed by atoms with Gasteiger partial charge in [-0.3, -0.25) is 4.79 Å². The van der Waals surface area contributed by atoms with E-state index in [9.17, 15) is 10.1 Å². The lowest BCUT2D eigenvalue weighted by Gasteiger charge is -2.15. The first kappa shape index (κ1) is 24.7. The summed E-state index contributed by atoms with van der Waals surface area (Å²) in [6.45, 7) is 2.21. The first-order chi connectivity index (χ1) is 16.4. The molecule has 176 valence electrons. The van der Waals surface area contributed by atoms with Crippen molar-refractivity contribution in [3.8, 4) is 29.1 Å². The average molecular weight is 528 g/mol. The van der Waals surface area contributed by atoms with E-state index in [1.165, 1.54) is 13.2 Å². The number of anilines is 1. The molecule has 3 aromatic rings. The minimum Gasteiger partial charge on any atom is -0.493 e. The number of amides is 1. The summed E-state index contributed by atoms with van der Waals surface area (Å²) < 4.78 is 27.8. The van der Waals surface area contributed by atoms with Crippen molar-refractivity contribution in [1.29, 1.82) is 5.26 Å². The van der Waals surface area contributed by atoms with Crippen LogP contribution in [-0.2, 0) is 4.79 Å². The first-order valence-electron chi connectivity index (χ1n) is 10.1. The van der Waals surface area contributed by atoms with Crippen LogP contribution in [0, 0.1) is 18.3 Å². The van der Waals surface area contributed by atoms with Crippen molar-refractivity contribution in [2.45, 2.75) is 6.92 Å². The fourth-order valence-corrected chi connectivity index (χ4v) is 3.50. The molecule has 0 aliphatic rings. The number of ether oxygens (including phenoxy) is 4. The maximum absolute atomic E-state index is 12.4. The van der Waals surface area contributed by atoms with Gasteiger partial charge in [-0.15, -0.1) is 0 Å². The number of carbonyl (C=O) groups excluding carboxylic acids is 1. The number of carbonyl (C=O) groups is 1. The Hall–Kier alpha value is -3.97. The van der Waals surface area contributed by atoms with E-state index in [0.717, 1.165) is 0 Å². The molecule has 3 rings (SSSR count). The Kier molecular flexibility index (Phi) is 8.54. The van der Waals surface area contributed by atoms with Crippen LogP contribution in [0.3, 0.4) is 0 Å². The summed E-state index contributed by atoms with van der Waals surface area (Å²) in [6, 6.07) is 14.1.